The number of ether oxygens (including phenoxy) is 1. The quantitative estimate of drug-likeness (QED) is 0.939. The molecule has 6 heteroatoms. The van der Waals surface area contributed by atoms with Crippen molar-refractivity contribution in [2.24, 2.45) is 0 Å². The van der Waals surface area contributed by atoms with Gasteiger partial charge in [0.1, 0.15) is 6.61 Å². The lowest BCUT2D eigenvalue weighted by atomic mass is 10.1. The molecule has 0 aliphatic carbocycles. The Balaban J connectivity index is 2.19. The van der Waals surface area contributed by atoms with Crippen LogP contribution >= 0.6 is 11.6 Å². The molecule has 108 valence electrons. The molecular weight excluding hydrogens is 300 g/mol. The molecule has 0 saturated carbocycles. The van der Waals surface area contributed by atoms with Gasteiger partial charge in [0.15, 0.2) is 17.4 Å². The van der Waals surface area contributed by atoms with Crippen molar-refractivity contribution in [2.75, 3.05) is 0 Å². The van der Waals surface area contributed by atoms with Gasteiger partial charge < -0.3 is 9.84 Å². The number of nitriles is 1. The van der Waals surface area contributed by atoms with E-state index in [0.29, 0.717) is 11.1 Å². The summed E-state index contributed by atoms with van der Waals surface area (Å²) in [4.78, 5) is 0. The van der Waals surface area contributed by atoms with Gasteiger partial charge in [0.25, 0.3) is 0 Å². The highest BCUT2D eigenvalue weighted by atomic mass is 35.5. The fourth-order valence-electron chi connectivity index (χ4n) is 1.73. The predicted octanol–water partition coefficient (Wildman–Crippen LogP) is 3.56. The minimum atomic E-state index is -0.899. The monoisotopic (exact) mass is 309 g/mol. The van der Waals surface area contributed by atoms with Crippen molar-refractivity contribution >= 4 is 11.6 Å². The Kier molecular flexibility index (Phi) is 4.73. The van der Waals surface area contributed by atoms with Gasteiger partial charge in [0.05, 0.1) is 18.2 Å². The van der Waals surface area contributed by atoms with Crippen LogP contribution in [0.25, 0.3) is 0 Å². The summed E-state index contributed by atoms with van der Waals surface area (Å²) in [5.74, 6) is -2.33. The highest BCUT2D eigenvalue weighted by Gasteiger charge is 2.13. The SMILES string of the molecule is N#Cc1ccc(COc2c(F)cc(CO)cc2F)c(Cl)c1. The van der Waals surface area contributed by atoms with Crippen LogP contribution in [0.5, 0.6) is 5.75 Å². The first kappa shape index (κ1) is 15.2. The second kappa shape index (κ2) is 6.53. The summed E-state index contributed by atoms with van der Waals surface area (Å²) in [7, 11) is 0. The molecular formula is C15H10ClF2NO2. The molecule has 0 radical (unpaired) electrons. The van der Waals surface area contributed by atoms with Gasteiger partial charge in [-0.2, -0.15) is 5.26 Å². The van der Waals surface area contributed by atoms with E-state index in [0.717, 1.165) is 12.1 Å². The Morgan fingerprint density at radius 1 is 1.19 bits per heavy atom. The van der Waals surface area contributed by atoms with E-state index < -0.39 is 24.0 Å². The summed E-state index contributed by atoms with van der Waals surface area (Å²) >= 11 is 5.95. The second-order valence-electron chi connectivity index (χ2n) is 4.25. The molecule has 2 aromatic rings. The Bertz CT molecular complexity index is 690. The van der Waals surface area contributed by atoms with E-state index in [-0.39, 0.29) is 17.2 Å². The van der Waals surface area contributed by atoms with Crippen LogP contribution in [0.15, 0.2) is 30.3 Å². The lowest BCUT2D eigenvalue weighted by molar-refractivity contribution is 0.266. The molecule has 0 atom stereocenters. The molecule has 0 fully saturated rings. The third-order valence-electron chi connectivity index (χ3n) is 2.79. The molecule has 0 amide bonds. The highest BCUT2D eigenvalue weighted by molar-refractivity contribution is 6.31. The maximum Gasteiger partial charge on any atom is 0.191 e. The van der Waals surface area contributed by atoms with Gasteiger partial charge in [-0.05, 0) is 29.8 Å². The van der Waals surface area contributed by atoms with Gasteiger partial charge in [0.2, 0.25) is 0 Å². The fourth-order valence-corrected chi connectivity index (χ4v) is 1.96. The Morgan fingerprint density at radius 3 is 2.38 bits per heavy atom. The Labute approximate surface area is 125 Å². The number of nitrogens with zero attached hydrogens (tertiary/aromatic N) is 1. The van der Waals surface area contributed by atoms with Gasteiger partial charge in [-0.1, -0.05) is 17.7 Å². The summed E-state index contributed by atoms with van der Waals surface area (Å²) in [6.45, 7) is -0.605. The molecule has 0 aliphatic heterocycles. The van der Waals surface area contributed by atoms with Crippen molar-refractivity contribution < 1.29 is 18.6 Å². The van der Waals surface area contributed by atoms with E-state index in [1.807, 2.05) is 6.07 Å². The maximum absolute atomic E-state index is 13.7. The normalized spacial score (nSPS) is 10.2. The topological polar surface area (TPSA) is 53.2 Å². The molecule has 3 nitrogen and oxygen atoms in total. The van der Waals surface area contributed by atoms with Crippen molar-refractivity contribution in [3.63, 3.8) is 0 Å². The van der Waals surface area contributed by atoms with E-state index in [9.17, 15) is 8.78 Å². The molecule has 0 bridgehead atoms. The average Bonchev–Trinajstić information content (AvgIpc) is 2.47. The zero-order chi connectivity index (χ0) is 15.4. The van der Waals surface area contributed by atoms with Crippen LogP contribution in [0.4, 0.5) is 8.78 Å². The van der Waals surface area contributed by atoms with Crippen LogP contribution in [0.3, 0.4) is 0 Å². The number of aliphatic hydroxyl groups is 1. The van der Waals surface area contributed by atoms with Crippen molar-refractivity contribution in [2.45, 2.75) is 13.2 Å². The molecule has 0 aliphatic rings. The van der Waals surface area contributed by atoms with E-state index in [4.69, 9.17) is 26.7 Å². The smallest absolute Gasteiger partial charge is 0.191 e. The third-order valence-corrected chi connectivity index (χ3v) is 3.15. The summed E-state index contributed by atoms with van der Waals surface area (Å²) in [6, 6.07) is 8.46. The Morgan fingerprint density at radius 2 is 1.86 bits per heavy atom. The molecule has 0 unspecified atom stereocenters. The van der Waals surface area contributed by atoms with Crippen molar-refractivity contribution in [3.8, 4) is 11.8 Å². The van der Waals surface area contributed by atoms with E-state index in [1.165, 1.54) is 12.1 Å². The molecule has 0 saturated heterocycles. The predicted molar refractivity (Wildman–Crippen MR) is 72.8 cm³/mol. The van der Waals surface area contributed by atoms with Crippen molar-refractivity contribution in [3.05, 3.63) is 63.7 Å². The molecule has 2 aromatic carbocycles. The first-order valence-electron chi connectivity index (χ1n) is 5.95. The summed E-state index contributed by atoms with van der Waals surface area (Å²) in [5.41, 5.74) is 1.00. The van der Waals surface area contributed by atoms with Gasteiger partial charge in [-0.25, -0.2) is 8.78 Å². The zero-order valence-electron chi connectivity index (χ0n) is 10.7. The number of hydrogen-bond acceptors (Lipinski definition) is 3. The average molecular weight is 310 g/mol. The standard InChI is InChI=1S/C15H10ClF2NO2/c16-12-3-9(6-19)1-2-11(12)8-21-15-13(17)4-10(7-20)5-14(15)18/h1-5,20H,7-8H2. The fraction of sp³-hybridized carbons (Fsp3) is 0.133. The highest BCUT2D eigenvalue weighted by Crippen LogP contribution is 2.26. The number of hydrogen-bond donors (Lipinski definition) is 1. The van der Waals surface area contributed by atoms with Gasteiger partial charge in [-0.3, -0.25) is 0 Å². The Hall–Kier alpha value is -2.16. The van der Waals surface area contributed by atoms with Crippen molar-refractivity contribution in [1.29, 1.82) is 5.26 Å². The number of halogens is 3. The van der Waals surface area contributed by atoms with Gasteiger partial charge in [0, 0.05) is 10.6 Å². The van der Waals surface area contributed by atoms with Crippen molar-refractivity contribution in [1.82, 2.24) is 0 Å². The lowest BCUT2D eigenvalue weighted by Gasteiger charge is -2.10. The van der Waals surface area contributed by atoms with Gasteiger partial charge in [-0.15, -0.1) is 0 Å². The molecule has 21 heavy (non-hydrogen) atoms. The minimum absolute atomic E-state index is 0.119. The summed E-state index contributed by atoms with van der Waals surface area (Å²) in [6.07, 6.45) is 0. The summed E-state index contributed by atoms with van der Waals surface area (Å²) in [5, 5.41) is 17.9. The van der Waals surface area contributed by atoms with Gasteiger partial charge >= 0.3 is 0 Å². The lowest BCUT2D eigenvalue weighted by Crippen LogP contribution is -2.02. The largest absolute Gasteiger partial charge is 0.483 e. The number of benzene rings is 2. The van der Waals surface area contributed by atoms with Crippen LogP contribution in [0, 0.1) is 23.0 Å². The van der Waals surface area contributed by atoms with E-state index in [1.54, 1.807) is 6.07 Å². The van der Waals surface area contributed by atoms with Crippen LogP contribution in [-0.2, 0) is 13.2 Å². The van der Waals surface area contributed by atoms with E-state index in [2.05, 4.69) is 0 Å². The summed E-state index contributed by atoms with van der Waals surface area (Å²) < 4.78 is 32.4. The second-order valence-corrected chi connectivity index (χ2v) is 4.66. The minimum Gasteiger partial charge on any atom is -0.483 e. The van der Waals surface area contributed by atoms with Crippen LogP contribution in [-0.4, -0.2) is 5.11 Å². The first-order valence-corrected chi connectivity index (χ1v) is 6.33. The molecule has 1 N–H and O–H groups in total. The van der Waals surface area contributed by atoms with Crippen LogP contribution in [0.1, 0.15) is 16.7 Å². The van der Waals surface area contributed by atoms with E-state index >= 15 is 0 Å². The zero-order valence-corrected chi connectivity index (χ0v) is 11.5. The number of aliphatic hydroxyl groups excluding tert-OH is 1. The number of rotatable bonds is 4. The molecule has 0 spiro atoms. The first-order chi connectivity index (χ1) is 10.0. The molecule has 0 aromatic heterocycles. The van der Waals surface area contributed by atoms with Crippen LogP contribution < -0.4 is 4.74 Å². The molecule has 2 rings (SSSR count). The van der Waals surface area contributed by atoms with Crippen LogP contribution in [0.2, 0.25) is 5.02 Å². The molecule has 0 heterocycles. The third kappa shape index (κ3) is 3.48. The maximum atomic E-state index is 13.7.